The molecule has 5 saturated carbocycles. The van der Waals surface area contributed by atoms with Gasteiger partial charge in [-0.2, -0.15) is 0 Å². The van der Waals surface area contributed by atoms with Gasteiger partial charge in [0.2, 0.25) is 0 Å². The van der Waals surface area contributed by atoms with E-state index in [-0.39, 0.29) is 45.6 Å². The first-order valence-corrected chi connectivity index (χ1v) is 14.8. The van der Waals surface area contributed by atoms with Crippen LogP contribution in [0.2, 0.25) is 0 Å². The second-order valence-corrected chi connectivity index (χ2v) is 15.0. The highest BCUT2D eigenvalue weighted by Crippen LogP contribution is 2.77. The Morgan fingerprint density at radius 2 is 1.51 bits per heavy atom. The lowest BCUT2D eigenvalue weighted by atomic mass is 9.32. The Bertz CT molecular complexity index is 1010. The van der Waals surface area contributed by atoms with Gasteiger partial charge in [-0.25, -0.2) is 0 Å². The van der Waals surface area contributed by atoms with E-state index in [0.29, 0.717) is 29.9 Å². The fraction of sp³-hybridized carbons (Fsp3) is 0.903. The SMILES string of the molecule is CC(=O)O[C@@H]1CC[C@@]2(C)C(CC[C@]3(C)C2CCC2C4[C@H](/C(C)=N\O)CC[C@]4(C(=O)O)CC[C@]23C)C1(C)C. The molecule has 0 aromatic carbocycles. The summed E-state index contributed by atoms with van der Waals surface area (Å²) in [6.45, 7) is 15.6. The van der Waals surface area contributed by atoms with Gasteiger partial charge in [-0.1, -0.05) is 39.8 Å². The number of hydrogen-bond donors (Lipinski definition) is 2. The molecule has 0 radical (unpaired) electrons. The van der Waals surface area contributed by atoms with Crippen molar-refractivity contribution in [1.82, 2.24) is 0 Å². The average molecular weight is 516 g/mol. The highest BCUT2D eigenvalue weighted by Gasteiger charge is 2.72. The molecular weight excluding hydrogens is 466 g/mol. The lowest BCUT2D eigenvalue weighted by Gasteiger charge is -2.72. The predicted octanol–water partition coefficient (Wildman–Crippen LogP) is 6.93. The number of carboxylic acids is 1. The number of carbonyl (C=O) groups is 2. The molecule has 0 aromatic heterocycles. The number of ether oxygens (including phenoxy) is 1. The molecule has 5 aliphatic carbocycles. The van der Waals surface area contributed by atoms with Crippen molar-refractivity contribution in [1.29, 1.82) is 0 Å². The number of hydrogen-bond acceptors (Lipinski definition) is 5. The van der Waals surface area contributed by atoms with Gasteiger partial charge >= 0.3 is 11.9 Å². The second-order valence-electron chi connectivity index (χ2n) is 15.0. The standard InChI is InChI=1S/C31H49NO5/c1-18(32-36)20-10-15-31(26(34)35)17-16-29(6)21(25(20)31)8-9-23-28(5)13-12-24(37-19(2)33)27(3,4)22(28)11-14-30(23,29)7/h20-25,36H,8-17H2,1-7H3,(H,34,35)/b32-18-/t20-,21?,22?,23?,24+,25?,28-,29+,30+,31-/m0/s1. The second kappa shape index (κ2) is 8.45. The van der Waals surface area contributed by atoms with Gasteiger partial charge in [0, 0.05) is 18.3 Å². The highest BCUT2D eigenvalue weighted by atomic mass is 16.5. The Labute approximate surface area is 223 Å². The van der Waals surface area contributed by atoms with Crippen molar-refractivity contribution in [2.24, 2.45) is 61.8 Å². The monoisotopic (exact) mass is 515 g/mol. The fourth-order valence-corrected chi connectivity index (χ4v) is 11.9. The third-order valence-electron chi connectivity index (χ3n) is 13.8. The third kappa shape index (κ3) is 3.38. The van der Waals surface area contributed by atoms with Crippen molar-refractivity contribution in [3.8, 4) is 0 Å². The van der Waals surface area contributed by atoms with E-state index in [1.165, 1.54) is 6.92 Å². The first-order chi connectivity index (χ1) is 17.2. The Morgan fingerprint density at radius 3 is 2.14 bits per heavy atom. The van der Waals surface area contributed by atoms with E-state index in [4.69, 9.17) is 4.74 Å². The lowest BCUT2D eigenvalue weighted by Crippen LogP contribution is -2.67. The van der Waals surface area contributed by atoms with Crippen LogP contribution in [-0.4, -0.2) is 34.1 Å². The van der Waals surface area contributed by atoms with E-state index in [0.717, 1.165) is 57.8 Å². The van der Waals surface area contributed by atoms with Crippen molar-refractivity contribution < 1.29 is 24.6 Å². The van der Waals surface area contributed by atoms with Crippen LogP contribution in [0.4, 0.5) is 0 Å². The van der Waals surface area contributed by atoms with Crippen LogP contribution in [0.1, 0.15) is 113 Å². The van der Waals surface area contributed by atoms with E-state index in [1.54, 1.807) is 0 Å². The summed E-state index contributed by atoms with van der Waals surface area (Å²) in [7, 11) is 0. The maximum atomic E-state index is 12.8. The van der Waals surface area contributed by atoms with E-state index in [9.17, 15) is 19.9 Å². The van der Waals surface area contributed by atoms with Crippen molar-refractivity contribution in [3.63, 3.8) is 0 Å². The fourth-order valence-electron chi connectivity index (χ4n) is 11.9. The number of aliphatic carboxylic acids is 1. The van der Waals surface area contributed by atoms with Gasteiger partial charge in [-0.05, 0) is 111 Å². The van der Waals surface area contributed by atoms with Gasteiger partial charge in [-0.3, -0.25) is 9.59 Å². The molecule has 4 unspecified atom stereocenters. The zero-order chi connectivity index (χ0) is 27.2. The van der Waals surface area contributed by atoms with Crippen molar-refractivity contribution in [2.45, 2.75) is 119 Å². The van der Waals surface area contributed by atoms with Gasteiger partial charge < -0.3 is 15.1 Å². The molecule has 0 amide bonds. The molecule has 5 fully saturated rings. The Kier molecular flexibility index (Phi) is 6.17. The van der Waals surface area contributed by atoms with Gasteiger partial charge in [0.15, 0.2) is 0 Å². The molecule has 0 heterocycles. The molecule has 37 heavy (non-hydrogen) atoms. The normalized spacial score (nSPS) is 50.7. The first-order valence-electron chi connectivity index (χ1n) is 14.8. The lowest BCUT2D eigenvalue weighted by molar-refractivity contribution is -0.249. The van der Waals surface area contributed by atoms with Gasteiger partial charge in [0.25, 0.3) is 0 Å². The Hall–Kier alpha value is -1.59. The maximum Gasteiger partial charge on any atom is 0.309 e. The van der Waals surface area contributed by atoms with Crippen LogP contribution in [0.5, 0.6) is 0 Å². The van der Waals surface area contributed by atoms with Crippen LogP contribution in [0.3, 0.4) is 0 Å². The number of rotatable bonds is 3. The summed E-state index contributed by atoms with van der Waals surface area (Å²) >= 11 is 0. The van der Waals surface area contributed by atoms with Gasteiger partial charge in [0.05, 0.1) is 11.1 Å². The summed E-state index contributed by atoms with van der Waals surface area (Å²) in [5, 5.41) is 23.9. The maximum absolute atomic E-state index is 12.8. The summed E-state index contributed by atoms with van der Waals surface area (Å²) in [6, 6.07) is 0. The molecule has 0 saturated heterocycles. The molecule has 5 aliphatic rings. The topological polar surface area (TPSA) is 96.2 Å². The van der Waals surface area contributed by atoms with Crippen LogP contribution in [0.25, 0.3) is 0 Å². The molecule has 6 heteroatoms. The van der Waals surface area contributed by atoms with Crippen LogP contribution in [-0.2, 0) is 14.3 Å². The van der Waals surface area contributed by atoms with E-state index >= 15 is 0 Å². The third-order valence-corrected chi connectivity index (χ3v) is 13.8. The zero-order valence-corrected chi connectivity index (χ0v) is 24.1. The number of nitrogens with zero attached hydrogens (tertiary/aromatic N) is 1. The molecule has 6 nitrogen and oxygen atoms in total. The molecule has 5 rings (SSSR count). The minimum absolute atomic E-state index is 0.0230. The molecule has 0 spiro atoms. The Morgan fingerprint density at radius 1 is 0.811 bits per heavy atom. The summed E-state index contributed by atoms with van der Waals surface area (Å²) in [6.07, 6.45) is 9.66. The van der Waals surface area contributed by atoms with Crippen LogP contribution in [0.15, 0.2) is 5.16 Å². The summed E-state index contributed by atoms with van der Waals surface area (Å²) < 4.78 is 5.87. The summed E-state index contributed by atoms with van der Waals surface area (Å²) in [4.78, 5) is 24.7. The summed E-state index contributed by atoms with van der Waals surface area (Å²) in [5.74, 6) is 0.681. The molecule has 208 valence electrons. The van der Waals surface area contributed by atoms with Crippen molar-refractivity contribution >= 4 is 17.7 Å². The minimum atomic E-state index is -0.685. The van der Waals surface area contributed by atoms with Gasteiger partial charge in [0.1, 0.15) is 6.10 Å². The molecule has 2 N–H and O–H groups in total. The number of oxime groups is 1. The van der Waals surface area contributed by atoms with Crippen LogP contribution in [0, 0.1) is 56.7 Å². The number of carboxylic acid groups (broad SMARTS) is 1. The van der Waals surface area contributed by atoms with Gasteiger partial charge in [-0.15, -0.1) is 0 Å². The predicted molar refractivity (Wildman–Crippen MR) is 142 cm³/mol. The van der Waals surface area contributed by atoms with Crippen molar-refractivity contribution in [2.75, 3.05) is 0 Å². The van der Waals surface area contributed by atoms with E-state index < -0.39 is 11.4 Å². The van der Waals surface area contributed by atoms with Crippen LogP contribution < -0.4 is 0 Å². The minimum Gasteiger partial charge on any atom is -0.481 e. The molecule has 0 aliphatic heterocycles. The Balaban J connectivity index is 1.53. The smallest absolute Gasteiger partial charge is 0.309 e. The first kappa shape index (κ1) is 27.0. The van der Waals surface area contributed by atoms with Crippen molar-refractivity contribution in [3.05, 3.63) is 0 Å². The molecule has 0 aromatic rings. The molecule has 0 bridgehead atoms. The average Bonchev–Trinajstić information content (AvgIpc) is 3.22. The molecular formula is C31H49NO5. The largest absolute Gasteiger partial charge is 0.481 e. The quantitative estimate of drug-likeness (QED) is 0.184. The highest BCUT2D eigenvalue weighted by molar-refractivity contribution is 5.87. The van der Waals surface area contributed by atoms with E-state index in [2.05, 4.69) is 39.8 Å². The number of esters is 1. The number of fused-ring (bicyclic) bond motifs is 7. The zero-order valence-electron chi connectivity index (χ0n) is 24.1. The van der Waals surface area contributed by atoms with E-state index in [1.807, 2.05) is 6.92 Å². The number of carbonyl (C=O) groups excluding carboxylic acids is 1. The molecule has 10 atom stereocenters. The van der Waals surface area contributed by atoms with Crippen LogP contribution >= 0.6 is 0 Å². The summed E-state index contributed by atoms with van der Waals surface area (Å²) in [5.41, 5.74) is 0.338.